The van der Waals surface area contributed by atoms with E-state index in [0.29, 0.717) is 14.8 Å². The van der Waals surface area contributed by atoms with Crippen LogP contribution in [0.3, 0.4) is 0 Å². The summed E-state index contributed by atoms with van der Waals surface area (Å²) in [7, 11) is 0. The quantitative estimate of drug-likeness (QED) is 0.301. The maximum absolute atomic E-state index is 13.0. The molecule has 0 radical (unpaired) electrons. The van der Waals surface area contributed by atoms with Crippen molar-refractivity contribution < 1.29 is 14.7 Å². The third kappa shape index (κ3) is 3.49. The summed E-state index contributed by atoms with van der Waals surface area (Å²) in [5.74, 6) is -0.870. The second kappa shape index (κ2) is 7.16. The molecule has 1 heterocycles. The zero-order valence-electron chi connectivity index (χ0n) is 14.0. The fourth-order valence-corrected chi connectivity index (χ4v) is 3.43. The molecule has 2 amide bonds. The molecule has 0 saturated carbocycles. The number of halogens is 1. The molecule has 2 aromatic carbocycles. The van der Waals surface area contributed by atoms with E-state index < -0.39 is 11.8 Å². The summed E-state index contributed by atoms with van der Waals surface area (Å²) in [6.07, 6.45) is 1.50. The number of carbonyl (C=O) groups excluding carboxylic acids is 2. The van der Waals surface area contributed by atoms with Gasteiger partial charge in [0.2, 0.25) is 0 Å². The minimum atomic E-state index is -0.537. The van der Waals surface area contributed by atoms with Crippen molar-refractivity contribution in [1.29, 1.82) is 0 Å². The predicted octanol–water partition coefficient (Wildman–Crippen LogP) is 3.44. The van der Waals surface area contributed by atoms with Crippen molar-refractivity contribution in [3.8, 4) is 5.75 Å². The number of anilines is 1. The summed E-state index contributed by atoms with van der Waals surface area (Å²) in [5, 5.41) is 12.3. The third-order valence-electron chi connectivity index (χ3n) is 3.99. The van der Waals surface area contributed by atoms with Gasteiger partial charge in [0.05, 0.1) is 9.26 Å². The summed E-state index contributed by atoms with van der Waals surface area (Å²) < 4.78 is 0.627. The van der Waals surface area contributed by atoms with Gasteiger partial charge in [-0.15, -0.1) is 0 Å². The maximum Gasteiger partial charge on any atom is 0.270 e. The molecule has 26 heavy (non-hydrogen) atoms. The number of benzene rings is 2. The van der Waals surface area contributed by atoms with Gasteiger partial charge in [-0.1, -0.05) is 18.2 Å². The number of phenolic OH excluding ortho intramolecular Hbond substituents is 1. The molecule has 0 unspecified atom stereocenters. The van der Waals surface area contributed by atoms with Crippen molar-refractivity contribution in [1.82, 2.24) is 5.32 Å². The van der Waals surface area contributed by atoms with Crippen LogP contribution in [0, 0.1) is 17.4 Å². The zero-order chi connectivity index (χ0) is 19.0. The van der Waals surface area contributed by atoms with Crippen LogP contribution in [0.5, 0.6) is 5.75 Å². The molecule has 5 nitrogen and oxygen atoms in total. The molecule has 0 bridgehead atoms. The van der Waals surface area contributed by atoms with Gasteiger partial charge in [-0.25, -0.2) is 0 Å². The molecule has 1 fully saturated rings. The molecule has 1 aliphatic rings. The molecule has 0 aromatic heterocycles. The molecule has 132 valence electrons. The highest BCUT2D eigenvalue weighted by Gasteiger charge is 2.35. The van der Waals surface area contributed by atoms with Crippen LogP contribution < -0.4 is 10.2 Å². The summed E-state index contributed by atoms with van der Waals surface area (Å²) >= 11 is 7.22. The van der Waals surface area contributed by atoms with Gasteiger partial charge in [-0.2, -0.15) is 0 Å². The summed E-state index contributed by atoms with van der Waals surface area (Å²) in [5.41, 5.74) is 3.13. The van der Waals surface area contributed by atoms with E-state index in [0.717, 1.165) is 11.1 Å². The van der Waals surface area contributed by atoms with Crippen LogP contribution in [-0.4, -0.2) is 22.0 Å². The van der Waals surface area contributed by atoms with E-state index in [4.69, 9.17) is 12.2 Å². The van der Waals surface area contributed by atoms with Crippen LogP contribution in [0.1, 0.15) is 16.7 Å². The molecule has 0 aliphatic carbocycles. The average Bonchev–Trinajstić information content (AvgIpc) is 2.57. The lowest BCUT2D eigenvalue weighted by Gasteiger charge is -2.30. The van der Waals surface area contributed by atoms with Gasteiger partial charge in [0.1, 0.15) is 11.3 Å². The Morgan fingerprint density at radius 1 is 1.15 bits per heavy atom. The van der Waals surface area contributed by atoms with Gasteiger partial charge < -0.3 is 5.11 Å². The molecule has 2 N–H and O–H groups in total. The van der Waals surface area contributed by atoms with Gasteiger partial charge in [0.15, 0.2) is 5.11 Å². The second-order valence-electron chi connectivity index (χ2n) is 5.96. The van der Waals surface area contributed by atoms with E-state index in [9.17, 15) is 14.7 Å². The molecule has 7 heteroatoms. The van der Waals surface area contributed by atoms with E-state index in [2.05, 4.69) is 5.32 Å². The number of nitrogens with zero attached hydrogens (tertiary/aromatic N) is 1. The van der Waals surface area contributed by atoms with E-state index >= 15 is 0 Å². The minimum absolute atomic E-state index is 0.0130. The first-order valence-corrected chi connectivity index (χ1v) is 9.24. The number of phenols is 1. The molecular weight excluding hydrogens is 463 g/mol. The number of amides is 2. The standard InChI is InChI=1S/C19H15IN2O3S/c1-10-3-4-11(2)15(7-10)22-18(25)13(17(24)21-19(22)26)8-12-5-6-16(23)14(20)9-12/h3-9,23H,1-2H3,(H,21,24,26). The second-order valence-corrected chi connectivity index (χ2v) is 7.51. The Bertz CT molecular complexity index is 985. The number of hydrogen-bond donors (Lipinski definition) is 2. The Hall–Kier alpha value is -2.26. The Kier molecular flexibility index (Phi) is 5.10. The van der Waals surface area contributed by atoms with Crippen molar-refractivity contribution in [2.24, 2.45) is 0 Å². The van der Waals surface area contributed by atoms with Crippen molar-refractivity contribution in [2.75, 3.05) is 4.90 Å². The minimum Gasteiger partial charge on any atom is -0.507 e. The Morgan fingerprint density at radius 2 is 1.88 bits per heavy atom. The summed E-state index contributed by atoms with van der Waals surface area (Å²) in [4.78, 5) is 26.7. The number of hydrogen-bond acceptors (Lipinski definition) is 4. The van der Waals surface area contributed by atoms with Gasteiger partial charge in [-0.05, 0) is 89.6 Å². The highest BCUT2D eigenvalue weighted by atomic mass is 127. The van der Waals surface area contributed by atoms with Gasteiger partial charge in [0, 0.05) is 0 Å². The molecule has 1 saturated heterocycles. The van der Waals surface area contributed by atoms with Crippen LogP contribution in [0.4, 0.5) is 5.69 Å². The molecular formula is C19H15IN2O3S. The van der Waals surface area contributed by atoms with Crippen molar-refractivity contribution in [3.05, 3.63) is 62.2 Å². The lowest BCUT2D eigenvalue weighted by molar-refractivity contribution is -0.122. The number of thiocarbonyl (C=S) groups is 1. The molecule has 0 spiro atoms. The fourth-order valence-electron chi connectivity index (χ4n) is 2.62. The van der Waals surface area contributed by atoms with Crippen LogP contribution >= 0.6 is 34.8 Å². The van der Waals surface area contributed by atoms with Gasteiger partial charge in [0.25, 0.3) is 11.8 Å². The van der Waals surface area contributed by atoms with E-state index in [1.807, 2.05) is 54.6 Å². The van der Waals surface area contributed by atoms with Crippen molar-refractivity contribution >= 4 is 63.5 Å². The van der Waals surface area contributed by atoms with E-state index in [1.54, 1.807) is 12.1 Å². The molecule has 3 rings (SSSR count). The smallest absolute Gasteiger partial charge is 0.270 e. The van der Waals surface area contributed by atoms with Gasteiger partial charge >= 0.3 is 0 Å². The largest absolute Gasteiger partial charge is 0.507 e. The fraction of sp³-hybridized carbons (Fsp3) is 0.105. The van der Waals surface area contributed by atoms with E-state index in [1.165, 1.54) is 17.0 Å². The van der Waals surface area contributed by atoms with Crippen molar-refractivity contribution in [3.63, 3.8) is 0 Å². The number of rotatable bonds is 2. The molecule has 1 aliphatic heterocycles. The normalized spacial score (nSPS) is 16.2. The highest BCUT2D eigenvalue weighted by molar-refractivity contribution is 14.1. The van der Waals surface area contributed by atoms with Crippen LogP contribution in [0.15, 0.2) is 42.0 Å². The first-order chi connectivity index (χ1) is 12.3. The van der Waals surface area contributed by atoms with Crippen LogP contribution in [0.2, 0.25) is 0 Å². The summed E-state index contributed by atoms with van der Waals surface area (Å²) in [6, 6.07) is 10.6. The number of carbonyl (C=O) groups is 2. The number of aryl methyl sites for hydroxylation is 2. The average molecular weight is 478 g/mol. The Labute approximate surface area is 169 Å². The summed E-state index contributed by atoms with van der Waals surface area (Å²) in [6.45, 7) is 3.81. The SMILES string of the molecule is Cc1ccc(C)c(N2C(=O)C(=Cc3ccc(O)c(I)c3)C(=O)NC2=S)c1. The predicted molar refractivity (Wildman–Crippen MR) is 113 cm³/mol. The first kappa shape index (κ1) is 18.5. The van der Waals surface area contributed by atoms with Crippen molar-refractivity contribution in [2.45, 2.75) is 13.8 Å². The highest BCUT2D eigenvalue weighted by Crippen LogP contribution is 2.27. The number of aromatic hydroxyl groups is 1. The zero-order valence-corrected chi connectivity index (χ0v) is 17.0. The van der Waals surface area contributed by atoms with Gasteiger partial charge in [-0.3, -0.25) is 19.8 Å². The molecule has 2 aromatic rings. The molecule has 0 atom stereocenters. The van der Waals surface area contributed by atoms with Crippen LogP contribution in [0.25, 0.3) is 6.08 Å². The third-order valence-corrected chi connectivity index (χ3v) is 5.14. The maximum atomic E-state index is 13.0. The van der Waals surface area contributed by atoms with Crippen LogP contribution in [-0.2, 0) is 9.59 Å². The lowest BCUT2D eigenvalue weighted by atomic mass is 10.0. The number of nitrogens with one attached hydrogen (secondary N) is 1. The topological polar surface area (TPSA) is 69.6 Å². The van der Waals surface area contributed by atoms with E-state index in [-0.39, 0.29) is 16.4 Å². The lowest BCUT2D eigenvalue weighted by Crippen LogP contribution is -2.54. The Balaban J connectivity index is 2.07. The monoisotopic (exact) mass is 478 g/mol. The first-order valence-electron chi connectivity index (χ1n) is 7.75. The Morgan fingerprint density at radius 3 is 2.58 bits per heavy atom.